The van der Waals surface area contributed by atoms with E-state index in [4.69, 9.17) is 0 Å². The monoisotopic (exact) mass is 270 g/mol. The molecule has 0 aliphatic carbocycles. The van der Waals surface area contributed by atoms with E-state index in [2.05, 4.69) is 5.32 Å². The van der Waals surface area contributed by atoms with E-state index in [0.717, 1.165) is 12.1 Å². The van der Waals surface area contributed by atoms with Crippen LogP contribution in [0.4, 0.5) is 10.1 Å². The van der Waals surface area contributed by atoms with Gasteiger partial charge in [-0.25, -0.2) is 4.39 Å². The summed E-state index contributed by atoms with van der Waals surface area (Å²) >= 11 is 0. The third-order valence-corrected chi connectivity index (χ3v) is 2.95. The SMILES string of the molecule is CCC(C)(CO)NC(=O)c1ccc(F)cc1[N+](=O)[O-]. The smallest absolute Gasteiger partial charge is 0.285 e. The maximum absolute atomic E-state index is 13.0. The molecule has 0 saturated carbocycles. The molecule has 0 fully saturated rings. The molecule has 0 radical (unpaired) electrons. The van der Waals surface area contributed by atoms with Gasteiger partial charge in [-0.3, -0.25) is 14.9 Å². The first-order valence-corrected chi connectivity index (χ1v) is 5.70. The average Bonchev–Trinajstić information content (AvgIpc) is 2.38. The van der Waals surface area contributed by atoms with E-state index in [0.29, 0.717) is 12.5 Å². The van der Waals surface area contributed by atoms with Crippen LogP contribution in [-0.2, 0) is 0 Å². The zero-order valence-corrected chi connectivity index (χ0v) is 10.6. The number of nitro benzene ring substituents is 1. The molecular weight excluding hydrogens is 255 g/mol. The van der Waals surface area contributed by atoms with Gasteiger partial charge < -0.3 is 10.4 Å². The number of nitrogens with zero attached hydrogens (tertiary/aromatic N) is 1. The Labute approximate surface area is 109 Å². The molecule has 6 nitrogen and oxygen atoms in total. The molecular formula is C12H15FN2O4. The molecule has 7 heteroatoms. The number of hydrogen-bond donors (Lipinski definition) is 2. The van der Waals surface area contributed by atoms with Crippen LogP contribution in [0.5, 0.6) is 0 Å². The number of amides is 1. The third-order valence-electron chi connectivity index (χ3n) is 2.95. The minimum absolute atomic E-state index is 0.237. The van der Waals surface area contributed by atoms with Gasteiger partial charge in [-0.15, -0.1) is 0 Å². The Balaban J connectivity index is 3.10. The van der Waals surface area contributed by atoms with Gasteiger partial charge in [0.15, 0.2) is 0 Å². The minimum atomic E-state index is -0.876. The van der Waals surface area contributed by atoms with E-state index in [9.17, 15) is 24.4 Å². The Hall–Kier alpha value is -2.02. The highest BCUT2D eigenvalue weighted by Gasteiger charge is 2.28. The highest BCUT2D eigenvalue weighted by Crippen LogP contribution is 2.21. The van der Waals surface area contributed by atoms with E-state index in [-0.39, 0.29) is 12.2 Å². The Morgan fingerprint density at radius 3 is 2.68 bits per heavy atom. The van der Waals surface area contributed by atoms with E-state index in [1.54, 1.807) is 13.8 Å². The van der Waals surface area contributed by atoms with Crippen LogP contribution in [0.3, 0.4) is 0 Å². The van der Waals surface area contributed by atoms with Crippen molar-refractivity contribution in [2.24, 2.45) is 0 Å². The van der Waals surface area contributed by atoms with Gasteiger partial charge in [0.2, 0.25) is 0 Å². The van der Waals surface area contributed by atoms with Crippen molar-refractivity contribution in [1.29, 1.82) is 0 Å². The quantitative estimate of drug-likeness (QED) is 0.628. The Bertz CT molecular complexity index is 501. The molecule has 104 valence electrons. The van der Waals surface area contributed by atoms with Crippen molar-refractivity contribution in [3.05, 3.63) is 39.7 Å². The van der Waals surface area contributed by atoms with Crippen molar-refractivity contribution >= 4 is 11.6 Å². The Kier molecular flexibility index (Phi) is 4.55. The van der Waals surface area contributed by atoms with Crippen molar-refractivity contribution in [3.63, 3.8) is 0 Å². The number of benzene rings is 1. The highest BCUT2D eigenvalue weighted by atomic mass is 19.1. The van der Waals surface area contributed by atoms with Crippen molar-refractivity contribution < 1.29 is 19.2 Å². The van der Waals surface area contributed by atoms with Crippen LogP contribution in [0.25, 0.3) is 0 Å². The summed E-state index contributed by atoms with van der Waals surface area (Å²) in [6.45, 7) is 3.07. The maximum Gasteiger partial charge on any atom is 0.285 e. The molecule has 0 spiro atoms. The number of nitro groups is 1. The van der Waals surface area contributed by atoms with E-state index < -0.39 is 27.9 Å². The van der Waals surface area contributed by atoms with E-state index >= 15 is 0 Å². The summed E-state index contributed by atoms with van der Waals surface area (Å²) in [5, 5.41) is 22.5. The lowest BCUT2D eigenvalue weighted by molar-refractivity contribution is -0.385. The maximum atomic E-state index is 13.0. The molecule has 2 N–H and O–H groups in total. The normalized spacial score (nSPS) is 13.7. The summed E-state index contributed by atoms with van der Waals surface area (Å²) in [5.74, 6) is -1.51. The Morgan fingerprint density at radius 1 is 1.58 bits per heavy atom. The number of halogens is 1. The summed E-state index contributed by atoms with van der Waals surface area (Å²) in [7, 11) is 0. The molecule has 0 bridgehead atoms. The predicted molar refractivity (Wildman–Crippen MR) is 66.3 cm³/mol. The molecule has 0 heterocycles. The topological polar surface area (TPSA) is 92.5 Å². The predicted octanol–water partition coefficient (Wildman–Crippen LogP) is 1.62. The second-order valence-corrected chi connectivity index (χ2v) is 4.45. The number of aliphatic hydroxyl groups excluding tert-OH is 1. The van der Waals surface area contributed by atoms with Gasteiger partial charge >= 0.3 is 0 Å². The summed E-state index contributed by atoms with van der Waals surface area (Å²) in [5.41, 5.74) is -1.72. The molecule has 0 saturated heterocycles. The zero-order chi connectivity index (χ0) is 14.6. The first-order chi connectivity index (χ1) is 8.83. The van der Waals surface area contributed by atoms with Crippen LogP contribution < -0.4 is 5.32 Å². The van der Waals surface area contributed by atoms with Gasteiger partial charge in [-0.1, -0.05) is 6.92 Å². The molecule has 19 heavy (non-hydrogen) atoms. The van der Waals surface area contributed by atoms with Gasteiger partial charge in [0.25, 0.3) is 11.6 Å². The van der Waals surface area contributed by atoms with Gasteiger partial charge in [-0.2, -0.15) is 0 Å². The zero-order valence-electron chi connectivity index (χ0n) is 10.6. The molecule has 1 amide bonds. The lowest BCUT2D eigenvalue weighted by atomic mass is 9.99. The van der Waals surface area contributed by atoms with Crippen LogP contribution in [0.1, 0.15) is 30.6 Å². The van der Waals surface area contributed by atoms with Crippen LogP contribution in [0.15, 0.2) is 18.2 Å². The first kappa shape index (κ1) is 15.0. The molecule has 1 rings (SSSR count). The van der Waals surface area contributed by atoms with Crippen LogP contribution in [0, 0.1) is 15.9 Å². The number of nitrogens with one attached hydrogen (secondary N) is 1. The second kappa shape index (κ2) is 5.75. The lowest BCUT2D eigenvalue weighted by Gasteiger charge is -2.27. The van der Waals surface area contributed by atoms with Crippen LogP contribution in [-0.4, -0.2) is 28.1 Å². The van der Waals surface area contributed by atoms with Gasteiger partial charge in [0.05, 0.1) is 23.1 Å². The largest absolute Gasteiger partial charge is 0.394 e. The van der Waals surface area contributed by atoms with E-state index in [1.165, 1.54) is 0 Å². The van der Waals surface area contributed by atoms with Gasteiger partial charge in [-0.05, 0) is 25.5 Å². The number of carbonyl (C=O) groups is 1. The fourth-order valence-corrected chi connectivity index (χ4v) is 1.43. The fraction of sp³-hybridized carbons (Fsp3) is 0.417. The standard InChI is InChI=1S/C12H15FN2O4/c1-3-12(2,7-16)14-11(17)9-5-4-8(13)6-10(9)15(18)19/h4-6,16H,3,7H2,1-2H3,(H,14,17). The second-order valence-electron chi connectivity index (χ2n) is 4.45. The number of hydrogen-bond acceptors (Lipinski definition) is 4. The van der Waals surface area contributed by atoms with E-state index in [1.807, 2.05) is 0 Å². The molecule has 0 aromatic heterocycles. The van der Waals surface area contributed by atoms with Crippen molar-refractivity contribution in [2.75, 3.05) is 6.61 Å². The van der Waals surface area contributed by atoms with Crippen molar-refractivity contribution in [1.82, 2.24) is 5.32 Å². The number of rotatable bonds is 5. The molecule has 1 atom stereocenters. The van der Waals surface area contributed by atoms with Gasteiger partial charge in [0, 0.05) is 0 Å². The lowest BCUT2D eigenvalue weighted by Crippen LogP contribution is -2.48. The molecule has 0 aliphatic rings. The fourth-order valence-electron chi connectivity index (χ4n) is 1.43. The first-order valence-electron chi connectivity index (χ1n) is 5.70. The summed E-state index contributed by atoms with van der Waals surface area (Å²) in [6, 6.07) is 2.72. The summed E-state index contributed by atoms with van der Waals surface area (Å²) in [4.78, 5) is 21.9. The molecule has 1 unspecified atom stereocenters. The third kappa shape index (κ3) is 3.47. The number of aliphatic hydroxyl groups is 1. The van der Waals surface area contributed by atoms with Crippen LogP contribution >= 0.6 is 0 Å². The highest BCUT2D eigenvalue weighted by molar-refractivity contribution is 5.98. The van der Waals surface area contributed by atoms with Crippen LogP contribution in [0.2, 0.25) is 0 Å². The molecule has 0 aliphatic heterocycles. The van der Waals surface area contributed by atoms with Crippen molar-refractivity contribution in [2.45, 2.75) is 25.8 Å². The Morgan fingerprint density at radius 2 is 2.21 bits per heavy atom. The van der Waals surface area contributed by atoms with Crippen molar-refractivity contribution in [3.8, 4) is 0 Å². The van der Waals surface area contributed by atoms with Gasteiger partial charge in [0.1, 0.15) is 11.4 Å². The average molecular weight is 270 g/mol. The number of carbonyl (C=O) groups excluding carboxylic acids is 1. The summed E-state index contributed by atoms with van der Waals surface area (Å²) in [6.07, 6.45) is 0.449. The summed E-state index contributed by atoms with van der Waals surface area (Å²) < 4.78 is 13.0. The molecule has 1 aromatic carbocycles. The molecule has 1 aromatic rings. The minimum Gasteiger partial charge on any atom is -0.394 e.